The van der Waals surface area contributed by atoms with Gasteiger partial charge in [0.2, 0.25) is 5.91 Å². The van der Waals surface area contributed by atoms with Crippen molar-refractivity contribution >= 4 is 11.6 Å². The van der Waals surface area contributed by atoms with Gasteiger partial charge in [-0.3, -0.25) is 4.79 Å². The van der Waals surface area contributed by atoms with Crippen LogP contribution in [0.15, 0.2) is 18.2 Å². The standard InChI is InChI=1S/C17H26N2O/c1-4-14-9-6-8-13(3)15(14)19-16(20)17(5-2)10-7-11-18-12-17/h6,8-9,18H,4-5,7,10-12H2,1-3H3,(H,19,20). The molecule has 3 heteroatoms. The molecule has 2 rings (SSSR count). The molecule has 1 atom stereocenters. The second-order valence-electron chi connectivity index (χ2n) is 5.83. The quantitative estimate of drug-likeness (QED) is 0.884. The number of aryl methyl sites for hydroxylation is 2. The lowest BCUT2D eigenvalue weighted by Gasteiger charge is -2.35. The van der Waals surface area contributed by atoms with Gasteiger partial charge in [0.25, 0.3) is 0 Å². The molecule has 0 aromatic heterocycles. The summed E-state index contributed by atoms with van der Waals surface area (Å²) < 4.78 is 0. The van der Waals surface area contributed by atoms with E-state index in [1.54, 1.807) is 0 Å². The highest BCUT2D eigenvalue weighted by Crippen LogP contribution is 2.32. The van der Waals surface area contributed by atoms with Crippen LogP contribution in [0, 0.1) is 12.3 Å². The summed E-state index contributed by atoms with van der Waals surface area (Å²) >= 11 is 0. The maximum absolute atomic E-state index is 12.8. The van der Waals surface area contributed by atoms with Crippen molar-refractivity contribution in [3.05, 3.63) is 29.3 Å². The summed E-state index contributed by atoms with van der Waals surface area (Å²) in [5.41, 5.74) is 3.13. The van der Waals surface area contributed by atoms with Crippen molar-refractivity contribution in [2.24, 2.45) is 5.41 Å². The fourth-order valence-corrected chi connectivity index (χ4v) is 3.07. The Morgan fingerprint density at radius 1 is 1.40 bits per heavy atom. The molecule has 1 heterocycles. The highest BCUT2D eigenvalue weighted by atomic mass is 16.2. The van der Waals surface area contributed by atoms with Gasteiger partial charge in [-0.15, -0.1) is 0 Å². The number of benzene rings is 1. The number of hydrogen-bond donors (Lipinski definition) is 2. The Kier molecular flexibility index (Phi) is 4.81. The molecule has 110 valence electrons. The van der Waals surface area contributed by atoms with E-state index in [-0.39, 0.29) is 11.3 Å². The average molecular weight is 274 g/mol. The molecule has 1 amide bonds. The van der Waals surface area contributed by atoms with Crippen LogP contribution in [0.1, 0.15) is 44.2 Å². The lowest BCUT2D eigenvalue weighted by atomic mass is 9.77. The number of anilines is 1. The van der Waals surface area contributed by atoms with Crippen molar-refractivity contribution in [2.75, 3.05) is 18.4 Å². The van der Waals surface area contributed by atoms with Crippen LogP contribution >= 0.6 is 0 Å². The van der Waals surface area contributed by atoms with Crippen LogP contribution in [0.4, 0.5) is 5.69 Å². The second kappa shape index (κ2) is 6.40. The minimum atomic E-state index is -0.245. The van der Waals surface area contributed by atoms with Gasteiger partial charge in [-0.1, -0.05) is 32.0 Å². The zero-order valence-electron chi connectivity index (χ0n) is 12.9. The van der Waals surface area contributed by atoms with Gasteiger partial charge in [-0.05, 0) is 50.3 Å². The van der Waals surface area contributed by atoms with Crippen LogP contribution < -0.4 is 10.6 Å². The number of carbonyl (C=O) groups excluding carboxylic acids is 1. The van der Waals surface area contributed by atoms with Crippen molar-refractivity contribution in [1.29, 1.82) is 0 Å². The molecule has 1 aromatic rings. The molecule has 2 N–H and O–H groups in total. The van der Waals surface area contributed by atoms with Crippen LogP contribution in [0.25, 0.3) is 0 Å². The fraction of sp³-hybridized carbons (Fsp3) is 0.588. The Labute approximate surface area is 122 Å². The van der Waals surface area contributed by atoms with Crippen LogP contribution in [0.2, 0.25) is 0 Å². The number of carbonyl (C=O) groups is 1. The summed E-state index contributed by atoms with van der Waals surface area (Å²) in [6.07, 6.45) is 3.89. The van der Waals surface area contributed by atoms with E-state index >= 15 is 0 Å². The highest BCUT2D eigenvalue weighted by molar-refractivity contribution is 5.96. The molecule has 0 spiro atoms. The van der Waals surface area contributed by atoms with E-state index in [4.69, 9.17) is 0 Å². The molecule has 1 aliphatic heterocycles. The Hall–Kier alpha value is -1.35. The van der Waals surface area contributed by atoms with Crippen LogP contribution in [0.3, 0.4) is 0 Å². The van der Waals surface area contributed by atoms with E-state index in [0.29, 0.717) is 0 Å². The zero-order chi connectivity index (χ0) is 14.6. The first-order valence-electron chi connectivity index (χ1n) is 7.73. The monoisotopic (exact) mass is 274 g/mol. The molecule has 3 nitrogen and oxygen atoms in total. The summed E-state index contributed by atoms with van der Waals surface area (Å²) in [6.45, 7) is 8.13. The van der Waals surface area contributed by atoms with Crippen molar-refractivity contribution < 1.29 is 4.79 Å². The summed E-state index contributed by atoms with van der Waals surface area (Å²) in [7, 11) is 0. The van der Waals surface area contributed by atoms with Crippen LogP contribution in [0.5, 0.6) is 0 Å². The second-order valence-corrected chi connectivity index (χ2v) is 5.83. The lowest BCUT2D eigenvalue weighted by Crippen LogP contribution is -2.47. The normalized spacial score (nSPS) is 22.6. The molecule has 0 aliphatic carbocycles. The number of amides is 1. The number of para-hydroxylation sites is 1. The molecule has 0 radical (unpaired) electrons. The summed E-state index contributed by atoms with van der Waals surface area (Å²) in [6, 6.07) is 6.22. The van der Waals surface area contributed by atoms with Crippen molar-refractivity contribution in [3.8, 4) is 0 Å². The van der Waals surface area contributed by atoms with E-state index in [1.807, 2.05) is 0 Å². The van der Waals surface area contributed by atoms with Gasteiger partial charge in [-0.25, -0.2) is 0 Å². The number of rotatable bonds is 4. The molecule has 1 fully saturated rings. The predicted octanol–water partition coefficient (Wildman–Crippen LogP) is 3.28. The van der Waals surface area contributed by atoms with Gasteiger partial charge in [0.15, 0.2) is 0 Å². The minimum absolute atomic E-state index is 0.177. The van der Waals surface area contributed by atoms with Crippen LogP contribution in [-0.4, -0.2) is 19.0 Å². The van der Waals surface area contributed by atoms with E-state index in [9.17, 15) is 4.79 Å². The predicted molar refractivity (Wildman–Crippen MR) is 84.0 cm³/mol. The third kappa shape index (κ3) is 2.88. The maximum atomic E-state index is 12.8. The third-order valence-electron chi connectivity index (χ3n) is 4.61. The van der Waals surface area contributed by atoms with Crippen LogP contribution in [-0.2, 0) is 11.2 Å². The molecule has 1 saturated heterocycles. The van der Waals surface area contributed by atoms with Gasteiger partial charge in [0, 0.05) is 12.2 Å². The smallest absolute Gasteiger partial charge is 0.231 e. The van der Waals surface area contributed by atoms with Crippen molar-refractivity contribution in [2.45, 2.75) is 46.5 Å². The largest absolute Gasteiger partial charge is 0.325 e. The third-order valence-corrected chi connectivity index (χ3v) is 4.61. The average Bonchev–Trinajstić information content (AvgIpc) is 2.49. The highest BCUT2D eigenvalue weighted by Gasteiger charge is 2.38. The molecule has 1 aromatic carbocycles. The molecular weight excluding hydrogens is 248 g/mol. The van der Waals surface area contributed by atoms with Crippen molar-refractivity contribution in [3.63, 3.8) is 0 Å². The summed E-state index contributed by atoms with van der Waals surface area (Å²) in [5.74, 6) is 0.177. The molecule has 20 heavy (non-hydrogen) atoms. The van der Waals surface area contributed by atoms with Gasteiger partial charge >= 0.3 is 0 Å². The summed E-state index contributed by atoms with van der Waals surface area (Å²) in [5, 5.41) is 6.59. The van der Waals surface area contributed by atoms with E-state index in [1.165, 1.54) is 5.56 Å². The molecule has 0 bridgehead atoms. The topological polar surface area (TPSA) is 41.1 Å². The first-order valence-corrected chi connectivity index (χ1v) is 7.73. The van der Waals surface area contributed by atoms with E-state index in [2.05, 4.69) is 49.6 Å². The molecular formula is C17H26N2O. The number of hydrogen-bond acceptors (Lipinski definition) is 2. The number of nitrogens with one attached hydrogen (secondary N) is 2. The zero-order valence-corrected chi connectivity index (χ0v) is 12.9. The SMILES string of the molecule is CCc1cccc(C)c1NC(=O)C1(CC)CCCNC1. The van der Waals surface area contributed by atoms with Gasteiger partial charge in [0.1, 0.15) is 0 Å². The molecule has 0 saturated carbocycles. The minimum Gasteiger partial charge on any atom is -0.325 e. The summed E-state index contributed by atoms with van der Waals surface area (Å²) in [4.78, 5) is 12.8. The first-order chi connectivity index (χ1) is 9.63. The lowest BCUT2D eigenvalue weighted by molar-refractivity contribution is -0.126. The first kappa shape index (κ1) is 15.0. The Morgan fingerprint density at radius 3 is 2.80 bits per heavy atom. The van der Waals surface area contributed by atoms with Gasteiger partial charge in [0.05, 0.1) is 5.41 Å². The number of piperidine rings is 1. The van der Waals surface area contributed by atoms with Crippen molar-refractivity contribution in [1.82, 2.24) is 5.32 Å². The molecule has 1 unspecified atom stereocenters. The van der Waals surface area contributed by atoms with E-state index < -0.39 is 0 Å². The Balaban J connectivity index is 2.22. The Bertz CT molecular complexity index is 476. The Morgan fingerprint density at radius 2 is 2.20 bits per heavy atom. The van der Waals surface area contributed by atoms with Gasteiger partial charge in [-0.2, -0.15) is 0 Å². The van der Waals surface area contributed by atoms with E-state index in [0.717, 1.165) is 50.0 Å². The fourth-order valence-electron chi connectivity index (χ4n) is 3.07. The maximum Gasteiger partial charge on any atom is 0.231 e. The molecule has 1 aliphatic rings. The van der Waals surface area contributed by atoms with Gasteiger partial charge < -0.3 is 10.6 Å².